The van der Waals surface area contributed by atoms with E-state index in [0.717, 1.165) is 9.21 Å². The Morgan fingerprint density at radius 3 is 2.39 bits per heavy atom. The van der Waals surface area contributed by atoms with Crippen molar-refractivity contribution in [2.75, 3.05) is 19.6 Å². The molecule has 0 unspecified atom stereocenters. The lowest BCUT2D eigenvalue weighted by Gasteiger charge is -2.40. The summed E-state index contributed by atoms with van der Waals surface area (Å²) in [6.07, 6.45) is -0.999. The highest BCUT2D eigenvalue weighted by molar-refractivity contribution is 7.90. The lowest BCUT2D eigenvalue weighted by Crippen LogP contribution is -2.57. The van der Waals surface area contributed by atoms with Crippen LogP contribution in [0.3, 0.4) is 0 Å². The maximum atomic E-state index is 14.0. The average molecular weight is 354 g/mol. The quantitative estimate of drug-likeness (QED) is 0.723. The Bertz CT molecular complexity index is 574. The number of alkyl halides is 2. The predicted molar refractivity (Wildman–Crippen MR) is 80.9 cm³/mol. The van der Waals surface area contributed by atoms with Crippen LogP contribution in [-0.2, 0) is 14.8 Å². The summed E-state index contributed by atoms with van der Waals surface area (Å²) in [6, 6.07) is -0.916. The van der Waals surface area contributed by atoms with Crippen LogP contribution < -0.4 is 0 Å². The van der Waals surface area contributed by atoms with Crippen molar-refractivity contribution in [2.45, 2.75) is 63.4 Å². The van der Waals surface area contributed by atoms with Crippen molar-refractivity contribution in [3.8, 4) is 0 Å². The molecular formula is C14H24F2N2O4S. The van der Waals surface area contributed by atoms with E-state index in [4.69, 9.17) is 4.74 Å². The molecular weight excluding hydrogens is 330 g/mol. The van der Waals surface area contributed by atoms with Gasteiger partial charge in [-0.1, -0.05) is 0 Å². The van der Waals surface area contributed by atoms with E-state index < -0.39 is 51.9 Å². The van der Waals surface area contributed by atoms with Gasteiger partial charge in [0.05, 0.1) is 11.8 Å². The van der Waals surface area contributed by atoms with Gasteiger partial charge in [-0.15, -0.1) is 0 Å². The molecule has 0 aromatic carbocycles. The highest BCUT2D eigenvalue weighted by Crippen LogP contribution is 2.34. The second kappa shape index (κ2) is 5.84. The molecule has 0 bridgehead atoms. The summed E-state index contributed by atoms with van der Waals surface area (Å²) in [6.45, 7) is 5.91. The van der Waals surface area contributed by atoms with Crippen LogP contribution >= 0.6 is 0 Å². The van der Waals surface area contributed by atoms with Gasteiger partial charge in [0.25, 0.3) is 5.92 Å². The molecule has 0 aromatic heterocycles. The molecule has 2 rings (SSSR count). The summed E-state index contributed by atoms with van der Waals surface area (Å²) in [5, 5.41) is -0.576. The van der Waals surface area contributed by atoms with Gasteiger partial charge in [0.15, 0.2) is 0 Å². The number of carbonyl (C=O) groups excluding carboxylic acids is 1. The first-order chi connectivity index (χ1) is 10.3. The zero-order valence-corrected chi connectivity index (χ0v) is 14.7. The fourth-order valence-corrected chi connectivity index (χ4v) is 4.72. The molecule has 0 spiro atoms. The van der Waals surface area contributed by atoms with E-state index >= 15 is 0 Å². The van der Waals surface area contributed by atoms with E-state index in [1.165, 1.54) is 0 Å². The van der Waals surface area contributed by atoms with Gasteiger partial charge >= 0.3 is 6.09 Å². The molecule has 23 heavy (non-hydrogen) atoms. The van der Waals surface area contributed by atoms with Crippen LogP contribution in [0.15, 0.2) is 0 Å². The summed E-state index contributed by atoms with van der Waals surface area (Å²) in [7, 11) is -3.58. The van der Waals surface area contributed by atoms with Crippen molar-refractivity contribution in [1.82, 2.24) is 9.21 Å². The topological polar surface area (TPSA) is 66.9 Å². The van der Waals surface area contributed by atoms with Gasteiger partial charge in [-0.3, -0.25) is 0 Å². The Kier molecular flexibility index (Phi) is 4.67. The van der Waals surface area contributed by atoms with Crippen molar-refractivity contribution in [2.24, 2.45) is 0 Å². The highest BCUT2D eigenvalue weighted by Gasteiger charge is 2.49. The smallest absolute Gasteiger partial charge is 0.410 e. The fraction of sp³-hybridized carbons (Fsp3) is 0.929. The van der Waals surface area contributed by atoms with Crippen LogP contribution in [0, 0.1) is 0 Å². The maximum Gasteiger partial charge on any atom is 0.410 e. The standard InChI is InChI=1S/C14H24F2N2O4S/c1-10-5-6-18(23(10,20)21)11-7-14(15,16)9-17(8-11)12(19)22-13(2,3)4/h10-11H,5-9H2,1-4H3/t10-,11+/m0/s1. The minimum Gasteiger partial charge on any atom is -0.444 e. The molecule has 2 saturated heterocycles. The number of piperidine rings is 1. The van der Waals surface area contributed by atoms with Crippen LogP contribution in [0.1, 0.15) is 40.5 Å². The molecule has 0 aliphatic carbocycles. The van der Waals surface area contributed by atoms with E-state index in [-0.39, 0.29) is 13.1 Å². The zero-order valence-electron chi connectivity index (χ0n) is 13.9. The number of amides is 1. The van der Waals surface area contributed by atoms with Gasteiger partial charge in [-0.2, -0.15) is 4.31 Å². The van der Waals surface area contributed by atoms with Crippen LogP contribution in [0.5, 0.6) is 0 Å². The molecule has 0 saturated carbocycles. The first-order valence-electron chi connectivity index (χ1n) is 7.68. The van der Waals surface area contributed by atoms with E-state index in [9.17, 15) is 22.0 Å². The van der Waals surface area contributed by atoms with Crippen LogP contribution in [0.4, 0.5) is 13.6 Å². The zero-order chi connectivity index (χ0) is 17.6. The molecule has 0 radical (unpaired) electrons. The molecule has 0 N–H and O–H groups in total. The third-order valence-corrected chi connectivity index (χ3v) is 6.43. The summed E-state index contributed by atoms with van der Waals surface area (Å²) >= 11 is 0. The number of ether oxygens (including phenoxy) is 1. The van der Waals surface area contributed by atoms with Crippen molar-refractivity contribution >= 4 is 16.1 Å². The minimum absolute atomic E-state index is 0.0730. The number of halogens is 2. The largest absolute Gasteiger partial charge is 0.444 e. The van der Waals surface area contributed by atoms with E-state index in [1.807, 2.05) is 0 Å². The van der Waals surface area contributed by atoms with Gasteiger partial charge in [-0.25, -0.2) is 22.0 Å². The van der Waals surface area contributed by atoms with Gasteiger partial charge in [0.1, 0.15) is 5.60 Å². The average Bonchev–Trinajstić information content (AvgIpc) is 2.60. The minimum atomic E-state index is -3.58. The summed E-state index contributed by atoms with van der Waals surface area (Å²) in [4.78, 5) is 13.0. The van der Waals surface area contributed by atoms with Gasteiger partial charge in [-0.05, 0) is 34.1 Å². The van der Waals surface area contributed by atoms with Gasteiger partial charge in [0.2, 0.25) is 10.0 Å². The first kappa shape index (κ1) is 18.4. The highest BCUT2D eigenvalue weighted by atomic mass is 32.2. The Hall–Kier alpha value is -0.960. The number of hydrogen-bond acceptors (Lipinski definition) is 4. The number of likely N-dealkylation sites (tertiary alicyclic amines) is 1. The summed E-state index contributed by atoms with van der Waals surface area (Å²) in [5.41, 5.74) is -0.798. The lowest BCUT2D eigenvalue weighted by molar-refractivity contribution is -0.0861. The second-order valence-electron chi connectivity index (χ2n) is 7.33. The Morgan fingerprint density at radius 1 is 1.30 bits per heavy atom. The van der Waals surface area contributed by atoms with E-state index in [1.54, 1.807) is 27.7 Å². The molecule has 2 aliphatic heterocycles. The second-order valence-corrected chi connectivity index (χ2v) is 9.63. The third kappa shape index (κ3) is 4.12. The third-order valence-electron chi connectivity index (χ3n) is 4.04. The van der Waals surface area contributed by atoms with Crippen LogP contribution in [-0.4, -0.2) is 66.2 Å². The van der Waals surface area contributed by atoms with Crippen LogP contribution in [0.2, 0.25) is 0 Å². The molecule has 9 heteroatoms. The first-order valence-corrected chi connectivity index (χ1v) is 9.18. The van der Waals surface area contributed by atoms with Crippen LogP contribution in [0.25, 0.3) is 0 Å². The normalized spacial score (nSPS) is 31.1. The van der Waals surface area contributed by atoms with Gasteiger partial charge in [0, 0.05) is 25.6 Å². The van der Waals surface area contributed by atoms with E-state index in [2.05, 4.69) is 0 Å². The van der Waals surface area contributed by atoms with Crippen molar-refractivity contribution in [3.05, 3.63) is 0 Å². The monoisotopic (exact) mass is 354 g/mol. The lowest BCUT2D eigenvalue weighted by atomic mass is 10.0. The molecule has 2 heterocycles. The SMILES string of the molecule is C[C@H]1CCN([C@H]2CN(C(=O)OC(C)(C)C)CC(F)(F)C2)S1(=O)=O. The number of rotatable bonds is 1. The Labute approximate surface area is 135 Å². The van der Waals surface area contributed by atoms with Crippen molar-refractivity contribution in [3.63, 3.8) is 0 Å². The number of nitrogens with zero attached hydrogens (tertiary/aromatic N) is 2. The molecule has 2 aliphatic rings. The molecule has 2 atom stereocenters. The van der Waals surface area contributed by atoms with Gasteiger partial charge < -0.3 is 9.64 Å². The number of sulfonamides is 1. The number of carbonyl (C=O) groups is 1. The molecule has 1 amide bonds. The van der Waals surface area contributed by atoms with Crippen molar-refractivity contribution < 1.29 is 26.7 Å². The molecule has 2 fully saturated rings. The number of hydrogen-bond donors (Lipinski definition) is 0. The fourth-order valence-electron chi connectivity index (χ4n) is 2.94. The predicted octanol–water partition coefficient (Wildman–Crippen LogP) is 2.06. The molecule has 6 nitrogen and oxygen atoms in total. The maximum absolute atomic E-state index is 14.0. The summed E-state index contributed by atoms with van der Waals surface area (Å²) in [5.74, 6) is -3.14. The molecule has 0 aromatic rings. The molecule has 134 valence electrons. The summed E-state index contributed by atoms with van der Waals surface area (Å²) < 4.78 is 58.8. The van der Waals surface area contributed by atoms with Crippen molar-refractivity contribution in [1.29, 1.82) is 0 Å². The Balaban J connectivity index is 2.18. The van der Waals surface area contributed by atoms with E-state index in [0.29, 0.717) is 6.42 Å². The Morgan fingerprint density at radius 2 is 1.91 bits per heavy atom.